The lowest BCUT2D eigenvalue weighted by Crippen LogP contribution is -2.23. The van der Waals surface area contributed by atoms with Crippen molar-refractivity contribution in [2.45, 2.75) is 32.2 Å². The Hall–Kier alpha value is -1.73. The minimum atomic E-state index is -2.67. The highest BCUT2D eigenvalue weighted by molar-refractivity contribution is 6.29. The highest BCUT2D eigenvalue weighted by Gasteiger charge is 2.21. The lowest BCUT2D eigenvalue weighted by molar-refractivity contribution is 0.0568. The van der Waals surface area contributed by atoms with E-state index in [2.05, 4.69) is 15.4 Å². The molecule has 1 saturated carbocycles. The average molecular weight is 371 g/mol. The van der Waals surface area contributed by atoms with E-state index in [1.165, 1.54) is 12.3 Å². The van der Waals surface area contributed by atoms with Gasteiger partial charge in [0.25, 0.3) is 0 Å². The first-order valence-corrected chi connectivity index (χ1v) is 8.78. The Morgan fingerprint density at radius 2 is 2.00 bits per heavy atom. The van der Waals surface area contributed by atoms with E-state index in [1.54, 1.807) is 12.3 Å². The van der Waals surface area contributed by atoms with E-state index in [0.717, 1.165) is 37.9 Å². The van der Waals surface area contributed by atoms with Crippen LogP contribution in [0.15, 0.2) is 24.5 Å². The Balaban J connectivity index is 1.71. The van der Waals surface area contributed by atoms with Gasteiger partial charge in [-0.1, -0.05) is 11.6 Å². The van der Waals surface area contributed by atoms with E-state index in [0.29, 0.717) is 32.9 Å². The van der Waals surface area contributed by atoms with Crippen molar-refractivity contribution < 1.29 is 13.9 Å². The van der Waals surface area contributed by atoms with Crippen LogP contribution >= 0.6 is 11.6 Å². The van der Waals surface area contributed by atoms with Crippen molar-refractivity contribution in [1.29, 1.82) is 0 Å². The molecule has 0 bridgehead atoms. The summed E-state index contributed by atoms with van der Waals surface area (Å²) in [7, 11) is 0. The molecule has 5 nitrogen and oxygen atoms in total. The molecular weight excluding hydrogens is 350 g/mol. The summed E-state index contributed by atoms with van der Waals surface area (Å²) in [4.78, 5) is 4.05. The number of aliphatic hydroxyl groups is 1. The highest BCUT2D eigenvalue weighted by Crippen LogP contribution is 2.32. The molecule has 1 aliphatic rings. The molecule has 2 heterocycles. The van der Waals surface area contributed by atoms with Gasteiger partial charge < -0.3 is 10.4 Å². The topological polar surface area (TPSA) is 63.0 Å². The third-order valence-electron chi connectivity index (χ3n) is 4.76. The van der Waals surface area contributed by atoms with Crippen LogP contribution in [0.1, 0.15) is 32.2 Å². The van der Waals surface area contributed by atoms with Gasteiger partial charge in [0.05, 0.1) is 5.69 Å². The number of pyridine rings is 1. The van der Waals surface area contributed by atoms with Crippen LogP contribution in [0, 0.1) is 11.8 Å². The smallest absolute Gasteiger partial charge is 0.333 e. The fourth-order valence-electron chi connectivity index (χ4n) is 3.24. The standard InChI is InChI=1S/C17H21ClF2N4O/c18-16-7-15(21-8-11-1-3-12(10-25)4-2-11)13(9-22-16)14-5-6-24(23-14)17(19)20/h5-7,9,11-12,17,25H,1-4,8,10H2,(H,21,22). The maximum Gasteiger partial charge on any atom is 0.333 e. The lowest BCUT2D eigenvalue weighted by atomic mass is 9.82. The first-order chi connectivity index (χ1) is 12.1. The molecule has 1 fully saturated rings. The van der Waals surface area contributed by atoms with Crippen molar-refractivity contribution in [3.05, 3.63) is 29.7 Å². The van der Waals surface area contributed by atoms with Crippen LogP contribution < -0.4 is 5.32 Å². The second-order valence-electron chi connectivity index (χ2n) is 6.46. The first-order valence-electron chi connectivity index (χ1n) is 8.40. The zero-order valence-electron chi connectivity index (χ0n) is 13.7. The molecule has 0 aliphatic heterocycles. The molecular formula is C17H21ClF2N4O. The van der Waals surface area contributed by atoms with Crippen molar-refractivity contribution >= 4 is 17.3 Å². The predicted molar refractivity (Wildman–Crippen MR) is 92.7 cm³/mol. The van der Waals surface area contributed by atoms with Crippen LogP contribution in [0.5, 0.6) is 0 Å². The minimum Gasteiger partial charge on any atom is -0.396 e. The van der Waals surface area contributed by atoms with Gasteiger partial charge in [-0.15, -0.1) is 0 Å². The number of hydrogen-bond acceptors (Lipinski definition) is 4. The Morgan fingerprint density at radius 1 is 1.28 bits per heavy atom. The molecule has 0 unspecified atom stereocenters. The molecule has 0 radical (unpaired) electrons. The number of nitrogens with one attached hydrogen (secondary N) is 1. The Morgan fingerprint density at radius 3 is 2.64 bits per heavy atom. The number of alkyl halides is 2. The number of halogens is 3. The van der Waals surface area contributed by atoms with Gasteiger partial charge in [-0.25, -0.2) is 9.67 Å². The summed E-state index contributed by atoms with van der Waals surface area (Å²) in [5.41, 5.74) is 1.81. The summed E-state index contributed by atoms with van der Waals surface area (Å²) < 4.78 is 26.1. The number of hydrogen-bond donors (Lipinski definition) is 2. The van der Waals surface area contributed by atoms with Crippen LogP contribution in [0.3, 0.4) is 0 Å². The number of anilines is 1. The molecule has 1 aliphatic carbocycles. The Kier molecular flexibility index (Phi) is 5.86. The molecule has 0 saturated heterocycles. The molecule has 25 heavy (non-hydrogen) atoms. The van der Waals surface area contributed by atoms with Crippen molar-refractivity contribution in [3.63, 3.8) is 0 Å². The van der Waals surface area contributed by atoms with E-state index < -0.39 is 6.55 Å². The second kappa shape index (κ2) is 8.10. The molecule has 0 spiro atoms. The molecule has 0 aromatic carbocycles. The third-order valence-corrected chi connectivity index (χ3v) is 4.97. The predicted octanol–water partition coefficient (Wildman–Crippen LogP) is 4.20. The second-order valence-corrected chi connectivity index (χ2v) is 6.85. The summed E-state index contributed by atoms with van der Waals surface area (Å²) in [6.45, 7) is -1.65. The minimum absolute atomic E-state index is 0.261. The number of aliphatic hydroxyl groups excluding tert-OH is 1. The molecule has 136 valence electrons. The highest BCUT2D eigenvalue weighted by atomic mass is 35.5. The lowest BCUT2D eigenvalue weighted by Gasteiger charge is -2.27. The van der Waals surface area contributed by atoms with E-state index in [9.17, 15) is 13.9 Å². The molecule has 2 aromatic heterocycles. The van der Waals surface area contributed by atoms with Gasteiger partial charge in [0.2, 0.25) is 0 Å². The summed E-state index contributed by atoms with van der Waals surface area (Å²) in [6.07, 6.45) is 6.98. The summed E-state index contributed by atoms with van der Waals surface area (Å²) >= 11 is 5.99. The van der Waals surface area contributed by atoms with Crippen molar-refractivity contribution in [3.8, 4) is 11.3 Å². The van der Waals surface area contributed by atoms with Gasteiger partial charge in [0, 0.05) is 36.8 Å². The average Bonchev–Trinajstić information content (AvgIpc) is 3.10. The monoisotopic (exact) mass is 370 g/mol. The maximum absolute atomic E-state index is 12.7. The number of aromatic nitrogens is 3. The van der Waals surface area contributed by atoms with Gasteiger partial charge in [-0.3, -0.25) is 0 Å². The molecule has 2 N–H and O–H groups in total. The Labute approximate surface area is 150 Å². The SMILES string of the molecule is OCC1CCC(CNc2cc(Cl)ncc2-c2ccn(C(F)F)n2)CC1. The largest absolute Gasteiger partial charge is 0.396 e. The zero-order chi connectivity index (χ0) is 17.8. The zero-order valence-corrected chi connectivity index (χ0v) is 14.5. The van der Waals surface area contributed by atoms with Gasteiger partial charge in [0.15, 0.2) is 0 Å². The van der Waals surface area contributed by atoms with Crippen molar-refractivity contribution in [2.24, 2.45) is 11.8 Å². The van der Waals surface area contributed by atoms with Crippen LogP contribution in [0.4, 0.5) is 14.5 Å². The number of nitrogens with zero attached hydrogens (tertiary/aromatic N) is 3. The normalized spacial score (nSPS) is 20.8. The van der Waals surface area contributed by atoms with E-state index in [4.69, 9.17) is 11.6 Å². The first kappa shape index (κ1) is 18.1. The molecule has 3 rings (SSSR count). The fourth-order valence-corrected chi connectivity index (χ4v) is 3.40. The Bertz CT molecular complexity index is 702. The van der Waals surface area contributed by atoms with Gasteiger partial charge in [-0.05, 0) is 49.7 Å². The quantitative estimate of drug-likeness (QED) is 0.748. The van der Waals surface area contributed by atoms with Crippen molar-refractivity contribution in [1.82, 2.24) is 14.8 Å². The van der Waals surface area contributed by atoms with Gasteiger partial charge >= 0.3 is 6.55 Å². The van der Waals surface area contributed by atoms with E-state index in [-0.39, 0.29) is 6.61 Å². The fraction of sp³-hybridized carbons (Fsp3) is 0.529. The molecule has 0 atom stereocenters. The number of rotatable bonds is 6. The molecule has 2 aromatic rings. The maximum atomic E-state index is 12.7. The third kappa shape index (κ3) is 4.46. The summed E-state index contributed by atoms with van der Waals surface area (Å²) in [6, 6.07) is 3.23. The van der Waals surface area contributed by atoms with Crippen LogP contribution in [-0.2, 0) is 0 Å². The van der Waals surface area contributed by atoms with Crippen molar-refractivity contribution in [2.75, 3.05) is 18.5 Å². The summed E-state index contributed by atoms with van der Waals surface area (Å²) in [5.74, 6) is 0.932. The van der Waals surface area contributed by atoms with Crippen LogP contribution in [0.2, 0.25) is 5.15 Å². The summed E-state index contributed by atoms with van der Waals surface area (Å²) in [5, 5.41) is 16.8. The molecule has 8 heteroatoms. The van der Waals surface area contributed by atoms with Gasteiger partial charge in [0.1, 0.15) is 5.15 Å². The van der Waals surface area contributed by atoms with E-state index in [1.807, 2.05) is 0 Å². The van der Waals surface area contributed by atoms with Crippen LogP contribution in [-0.4, -0.2) is 33.0 Å². The molecule has 0 amide bonds. The van der Waals surface area contributed by atoms with Crippen LogP contribution in [0.25, 0.3) is 11.3 Å². The van der Waals surface area contributed by atoms with Gasteiger partial charge in [-0.2, -0.15) is 13.9 Å². The van der Waals surface area contributed by atoms with E-state index >= 15 is 0 Å².